The summed E-state index contributed by atoms with van der Waals surface area (Å²) in [7, 11) is 3.13. The highest BCUT2D eigenvalue weighted by Gasteiger charge is 2.27. The largest absolute Gasteiger partial charge is 0.497 e. The van der Waals surface area contributed by atoms with Gasteiger partial charge in [-0.3, -0.25) is 9.59 Å². The normalized spacial score (nSPS) is 16.4. The Labute approximate surface area is 170 Å². The third-order valence-electron chi connectivity index (χ3n) is 5.16. The van der Waals surface area contributed by atoms with Crippen molar-refractivity contribution < 1.29 is 23.5 Å². The van der Waals surface area contributed by atoms with Gasteiger partial charge in [0.25, 0.3) is 5.91 Å². The summed E-state index contributed by atoms with van der Waals surface area (Å²) < 4.78 is 15.7. The number of hydrogen-bond acceptors (Lipinski definition) is 6. The highest BCUT2D eigenvalue weighted by atomic mass is 16.5. The highest BCUT2D eigenvalue weighted by Crippen LogP contribution is 2.27. The minimum Gasteiger partial charge on any atom is -0.497 e. The molecule has 0 radical (unpaired) electrons. The summed E-state index contributed by atoms with van der Waals surface area (Å²) in [5.41, 5.74) is 1.23. The van der Waals surface area contributed by atoms with Crippen LogP contribution in [0.4, 0.5) is 5.69 Å². The Bertz CT molecular complexity index is 842. The predicted molar refractivity (Wildman–Crippen MR) is 107 cm³/mol. The minimum atomic E-state index is -0.127. The molecule has 0 aliphatic carbocycles. The number of amides is 2. The average molecular weight is 401 g/mol. The van der Waals surface area contributed by atoms with Crippen LogP contribution in [-0.2, 0) is 4.79 Å². The van der Waals surface area contributed by atoms with E-state index in [0.717, 1.165) is 12.8 Å². The molecule has 1 N–H and O–H groups in total. The summed E-state index contributed by atoms with van der Waals surface area (Å²) in [6.45, 7) is 3.08. The maximum Gasteiger partial charge on any atom is 0.291 e. The van der Waals surface area contributed by atoms with E-state index in [0.29, 0.717) is 54.6 Å². The fourth-order valence-corrected chi connectivity index (χ4v) is 3.57. The lowest BCUT2D eigenvalue weighted by Crippen LogP contribution is -2.40. The molecule has 2 aromatic rings. The first-order valence-electron chi connectivity index (χ1n) is 9.72. The van der Waals surface area contributed by atoms with Gasteiger partial charge in [0, 0.05) is 43.4 Å². The van der Waals surface area contributed by atoms with E-state index in [4.69, 9.17) is 13.9 Å². The van der Waals surface area contributed by atoms with Crippen molar-refractivity contribution in [2.75, 3.05) is 32.6 Å². The van der Waals surface area contributed by atoms with Crippen molar-refractivity contribution in [3.63, 3.8) is 0 Å². The van der Waals surface area contributed by atoms with Gasteiger partial charge in [-0.2, -0.15) is 0 Å². The van der Waals surface area contributed by atoms with Gasteiger partial charge in [-0.1, -0.05) is 0 Å². The van der Waals surface area contributed by atoms with Crippen LogP contribution in [0.5, 0.6) is 11.5 Å². The summed E-state index contributed by atoms with van der Waals surface area (Å²) in [5.74, 6) is 1.61. The Kier molecular flexibility index (Phi) is 6.74. The second-order valence-electron chi connectivity index (χ2n) is 7.21. The van der Waals surface area contributed by atoms with Gasteiger partial charge in [-0.15, -0.1) is 0 Å². The number of aromatic nitrogens is 1. The highest BCUT2D eigenvalue weighted by molar-refractivity contribution is 5.92. The molecule has 1 aromatic carbocycles. The van der Waals surface area contributed by atoms with Crippen LogP contribution in [0.1, 0.15) is 41.9 Å². The molecule has 0 saturated carbocycles. The molecule has 156 valence electrons. The number of anilines is 1. The van der Waals surface area contributed by atoms with Crippen LogP contribution in [0.2, 0.25) is 0 Å². The molecular formula is C21H27N3O5. The van der Waals surface area contributed by atoms with Crippen molar-refractivity contribution in [2.45, 2.75) is 32.6 Å². The second kappa shape index (κ2) is 9.45. The SMILES string of the molecule is COc1cc(NC(=O)CC[C@@H]2CCCN(C(=O)c3ocnc3C)C2)cc(OC)c1. The molecule has 8 heteroatoms. The fourth-order valence-electron chi connectivity index (χ4n) is 3.57. The van der Waals surface area contributed by atoms with Crippen molar-refractivity contribution in [3.8, 4) is 11.5 Å². The number of oxazole rings is 1. The topological polar surface area (TPSA) is 93.9 Å². The predicted octanol–water partition coefficient (Wildman–Crippen LogP) is 3.27. The third-order valence-corrected chi connectivity index (χ3v) is 5.16. The maximum atomic E-state index is 12.6. The van der Waals surface area contributed by atoms with Crippen LogP contribution in [0.15, 0.2) is 29.0 Å². The molecule has 1 aliphatic rings. The zero-order chi connectivity index (χ0) is 20.8. The number of nitrogens with zero attached hydrogens (tertiary/aromatic N) is 2. The lowest BCUT2D eigenvalue weighted by molar-refractivity contribution is -0.116. The number of aryl methyl sites for hydroxylation is 1. The van der Waals surface area contributed by atoms with E-state index >= 15 is 0 Å². The van der Waals surface area contributed by atoms with Gasteiger partial charge >= 0.3 is 0 Å². The van der Waals surface area contributed by atoms with Crippen LogP contribution in [0.3, 0.4) is 0 Å². The van der Waals surface area contributed by atoms with Gasteiger partial charge in [-0.05, 0) is 32.1 Å². The summed E-state index contributed by atoms with van der Waals surface area (Å²) in [6.07, 6.45) is 4.30. The Balaban J connectivity index is 1.52. The number of rotatable bonds is 7. The molecule has 1 aliphatic heterocycles. The Morgan fingerprint density at radius 1 is 1.24 bits per heavy atom. The molecule has 2 heterocycles. The van der Waals surface area contributed by atoms with Crippen molar-refractivity contribution in [2.24, 2.45) is 5.92 Å². The first-order valence-corrected chi connectivity index (χ1v) is 9.72. The third kappa shape index (κ3) is 5.28. The minimum absolute atomic E-state index is 0.0742. The first-order chi connectivity index (χ1) is 14.0. The van der Waals surface area contributed by atoms with Crippen LogP contribution in [0, 0.1) is 12.8 Å². The lowest BCUT2D eigenvalue weighted by atomic mass is 9.93. The monoisotopic (exact) mass is 401 g/mol. The number of methoxy groups -OCH3 is 2. The molecule has 1 saturated heterocycles. The van der Waals surface area contributed by atoms with Crippen LogP contribution in [-0.4, -0.2) is 49.0 Å². The molecule has 29 heavy (non-hydrogen) atoms. The van der Waals surface area contributed by atoms with E-state index < -0.39 is 0 Å². The quantitative estimate of drug-likeness (QED) is 0.765. The van der Waals surface area contributed by atoms with Crippen molar-refractivity contribution in [3.05, 3.63) is 36.0 Å². The number of carbonyl (C=O) groups excluding carboxylic acids is 2. The standard InChI is InChI=1S/C21H27N3O5/c1-14-20(29-13-22-14)21(26)24-8-4-5-15(12-24)6-7-19(25)23-16-9-17(27-2)11-18(10-16)28-3/h9-11,13,15H,4-8,12H2,1-3H3,(H,23,25)/t15-/m0/s1. The lowest BCUT2D eigenvalue weighted by Gasteiger charge is -2.32. The zero-order valence-corrected chi connectivity index (χ0v) is 17.1. The van der Waals surface area contributed by atoms with E-state index in [9.17, 15) is 9.59 Å². The Morgan fingerprint density at radius 2 is 1.97 bits per heavy atom. The molecule has 8 nitrogen and oxygen atoms in total. The molecule has 0 unspecified atom stereocenters. The van der Waals surface area contributed by atoms with E-state index in [-0.39, 0.29) is 17.7 Å². The summed E-state index contributed by atoms with van der Waals surface area (Å²) >= 11 is 0. The Hall–Kier alpha value is -3.03. The smallest absolute Gasteiger partial charge is 0.291 e. The molecule has 1 fully saturated rings. The summed E-state index contributed by atoms with van der Waals surface area (Å²) in [4.78, 5) is 30.8. The average Bonchev–Trinajstić information content (AvgIpc) is 3.17. The number of nitrogens with one attached hydrogen (secondary N) is 1. The molecule has 0 spiro atoms. The number of likely N-dealkylation sites (tertiary alicyclic amines) is 1. The van der Waals surface area contributed by atoms with E-state index in [1.54, 1.807) is 44.2 Å². The second-order valence-corrected chi connectivity index (χ2v) is 7.21. The van der Waals surface area contributed by atoms with E-state index in [2.05, 4.69) is 10.3 Å². The van der Waals surface area contributed by atoms with Gasteiger partial charge in [0.05, 0.1) is 19.9 Å². The fraction of sp³-hybridized carbons (Fsp3) is 0.476. The van der Waals surface area contributed by atoms with Crippen LogP contribution < -0.4 is 14.8 Å². The molecule has 0 bridgehead atoms. The summed E-state index contributed by atoms with van der Waals surface area (Å²) in [5, 5.41) is 2.89. The van der Waals surface area contributed by atoms with Crippen molar-refractivity contribution >= 4 is 17.5 Å². The zero-order valence-electron chi connectivity index (χ0n) is 17.1. The number of carbonyl (C=O) groups is 2. The number of ether oxygens (including phenoxy) is 2. The first kappa shape index (κ1) is 20.7. The van der Waals surface area contributed by atoms with Crippen LogP contribution >= 0.6 is 0 Å². The number of benzene rings is 1. The van der Waals surface area contributed by atoms with Gasteiger partial charge < -0.3 is 24.1 Å². The Morgan fingerprint density at radius 3 is 2.59 bits per heavy atom. The maximum absolute atomic E-state index is 12.6. The molecule has 2 amide bonds. The van der Waals surface area contributed by atoms with Gasteiger partial charge in [0.2, 0.25) is 11.7 Å². The van der Waals surface area contributed by atoms with Gasteiger partial charge in [-0.25, -0.2) is 4.98 Å². The molecular weight excluding hydrogens is 374 g/mol. The van der Waals surface area contributed by atoms with Crippen molar-refractivity contribution in [1.82, 2.24) is 9.88 Å². The molecule has 1 atom stereocenters. The molecule has 3 rings (SSSR count). The van der Waals surface area contributed by atoms with E-state index in [1.807, 2.05) is 0 Å². The van der Waals surface area contributed by atoms with Crippen LogP contribution in [0.25, 0.3) is 0 Å². The number of piperidine rings is 1. The van der Waals surface area contributed by atoms with Gasteiger partial charge in [0.1, 0.15) is 11.5 Å². The summed E-state index contributed by atoms with van der Waals surface area (Å²) in [6, 6.07) is 5.25. The van der Waals surface area contributed by atoms with Crippen molar-refractivity contribution in [1.29, 1.82) is 0 Å². The van der Waals surface area contributed by atoms with Gasteiger partial charge in [0.15, 0.2) is 6.39 Å². The molecule has 1 aromatic heterocycles. The number of hydrogen-bond donors (Lipinski definition) is 1. The van der Waals surface area contributed by atoms with E-state index in [1.165, 1.54) is 6.39 Å².